The molecule has 2 aliphatic rings. The molecule has 2 amide bonds. The third-order valence-corrected chi connectivity index (χ3v) is 5.80. The number of hydrogen-bond donors (Lipinski definition) is 0. The number of benzene rings is 1. The van der Waals surface area contributed by atoms with E-state index in [2.05, 4.69) is 6.92 Å². The molecular weight excluding hydrogens is 368 g/mol. The predicted molar refractivity (Wildman–Crippen MR) is 110 cm³/mol. The van der Waals surface area contributed by atoms with Crippen LogP contribution < -0.4 is 9.64 Å². The minimum Gasteiger partial charge on any atom is -0.479 e. The summed E-state index contributed by atoms with van der Waals surface area (Å²) in [5.41, 5.74) is 0.654. The Morgan fingerprint density at radius 3 is 2.76 bits per heavy atom. The van der Waals surface area contributed by atoms with Crippen LogP contribution in [0.3, 0.4) is 0 Å². The summed E-state index contributed by atoms with van der Waals surface area (Å²) < 4.78 is 11.7. The monoisotopic (exact) mass is 396 g/mol. The molecule has 6 nitrogen and oxygen atoms in total. The van der Waals surface area contributed by atoms with Gasteiger partial charge in [-0.05, 0) is 44.0 Å². The highest BCUT2D eigenvalue weighted by Crippen LogP contribution is 2.35. The minimum absolute atomic E-state index is 0.0153. The summed E-state index contributed by atoms with van der Waals surface area (Å²) in [4.78, 5) is 29.6. The van der Waals surface area contributed by atoms with Gasteiger partial charge in [0.15, 0.2) is 6.10 Å². The van der Waals surface area contributed by atoms with Gasteiger partial charge in [0.05, 0.1) is 11.7 Å². The third kappa shape index (κ3) is 3.88. The van der Waals surface area contributed by atoms with Gasteiger partial charge < -0.3 is 14.1 Å². The smallest absolute Gasteiger partial charge is 0.268 e. The second kappa shape index (κ2) is 8.31. The summed E-state index contributed by atoms with van der Waals surface area (Å²) in [6.07, 6.45) is 4.23. The van der Waals surface area contributed by atoms with Gasteiger partial charge in [-0.1, -0.05) is 31.9 Å². The van der Waals surface area contributed by atoms with Crippen molar-refractivity contribution in [2.75, 3.05) is 18.0 Å². The van der Waals surface area contributed by atoms with E-state index < -0.39 is 6.10 Å². The summed E-state index contributed by atoms with van der Waals surface area (Å²) in [7, 11) is 0. The standard InChI is InChI=1S/C23H28N2O4/c1-3-17-12-13-21(29-17)18-9-5-4-8-14-24(18)22(26)15-25-19-10-6-7-11-20(19)28-16(2)23(25)27/h6-7,10-13,16,18H,3-5,8-9,14-15H2,1-2H3/t16-,18+/m0/s1. The Morgan fingerprint density at radius 2 is 1.97 bits per heavy atom. The van der Waals surface area contributed by atoms with Gasteiger partial charge in [-0.25, -0.2) is 0 Å². The lowest BCUT2D eigenvalue weighted by Gasteiger charge is -2.35. The fraction of sp³-hybridized carbons (Fsp3) is 0.478. The van der Waals surface area contributed by atoms with Crippen LogP contribution in [0, 0.1) is 0 Å². The lowest BCUT2D eigenvalue weighted by atomic mass is 10.1. The Bertz CT molecular complexity index is 891. The Morgan fingerprint density at radius 1 is 1.14 bits per heavy atom. The van der Waals surface area contributed by atoms with Crippen LogP contribution in [-0.4, -0.2) is 35.9 Å². The van der Waals surface area contributed by atoms with Crippen LogP contribution in [0.1, 0.15) is 57.1 Å². The molecule has 3 heterocycles. The van der Waals surface area contributed by atoms with Crippen LogP contribution >= 0.6 is 0 Å². The average Bonchev–Trinajstić information content (AvgIpc) is 3.07. The molecule has 2 atom stereocenters. The molecule has 4 rings (SSSR count). The van der Waals surface area contributed by atoms with E-state index in [1.807, 2.05) is 41.3 Å². The molecule has 2 aliphatic heterocycles. The van der Waals surface area contributed by atoms with Gasteiger partial charge in [0.25, 0.3) is 5.91 Å². The molecule has 0 unspecified atom stereocenters. The highest BCUT2D eigenvalue weighted by atomic mass is 16.5. The number of likely N-dealkylation sites (tertiary alicyclic amines) is 1. The van der Waals surface area contributed by atoms with Gasteiger partial charge in [-0.3, -0.25) is 14.5 Å². The number of rotatable bonds is 4. The van der Waals surface area contributed by atoms with Crippen molar-refractivity contribution in [3.63, 3.8) is 0 Å². The number of hydrogen-bond acceptors (Lipinski definition) is 4. The number of para-hydroxylation sites is 2. The maximum absolute atomic E-state index is 13.4. The molecule has 0 N–H and O–H groups in total. The lowest BCUT2D eigenvalue weighted by Crippen LogP contribution is -2.50. The first-order chi connectivity index (χ1) is 14.1. The number of carbonyl (C=O) groups is 2. The first-order valence-electron chi connectivity index (χ1n) is 10.5. The molecule has 1 fully saturated rings. The van der Waals surface area contributed by atoms with Gasteiger partial charge in [-0.2, -0.15) is 0 Å². The Kier molecular flexibility index (Phi) is 5.60. The van der Waals surface area contributed by atoms with E-state index in [1.54, 1.807) is 11.8 Å². The van der Waals surface area contributed by atoms with Crippen molar-refractivity contribution in [1.82, 2.24) is 4.90 Å². The van der Waals surface area contributed by atoms with Crippen LogP contribution in [0.2, 0.25) is 0 Å². The number of ether oxygens (including phenoxy) is 1. The van der Waals surface area contributed by atoms with E-state index in [1.165, 1.54) is 0 Å². The van der Waals surface area contributed by atoms with Gasteiger partial charge >= 0.3 is 0 Å². The summed E-state index contributed by atoms with van der Waals surface area (Å²) in [6.45, 7) is 4.48. The number of amides is 2. The maximum atomic E-state index is 13.4. The van der Waals surface area contributed by atoms with Gasteiger partial charge in [0.1, 0.15) is 23.8 Å². The molecule has 6 heteroatoms. The number of carbonyl (C=O) groups excluding carboxylic acids is 2. The molecule has 0 spiro atoms. The van der Waals surface area contributed by atoms with Crippen molar-refractivity contribution in [2.45, 2.75) is 58.1 Å². The summed E-state index contributed by atoms with van der Waals surface area (Å²) in [6, 6.07) is 11.3. The van der Waals surface area contributed by atoms with E-state index >= 15 is 0 Å². The Labute approximate surface area is 171 Å². The first-order valence-corrected chi connectivity index (χ1v) is 10.5. The lowest BCUT2D eigenvalue weighted by molar-refractivity contribution is -0.135. The van der Waals surface area contributed by atoms with Crippen molar-refractivity contribution in [1.29, 1.82) is 0 Å². The second-order valence-electron chi connectivity index (χ2n) is 7.76. The van der Waals surface area contributed by atoms with Crippen molar-refractivity contribution >= 4 is 17.5 Å². The molecule has 1 saturated heterocycles. The number of furan rings is 1. The van der Waals surface area contributed by atoms with E-state index in [0.29, 0.717) is 18.0 Å². The minimum atomic E-state index is -0.602. The topological polar surface area (TPSA) is 63.0 Å². The van der Waals surface area contributed by atoms with Crippen LogP contribution in [0.25, 0.3) is 0 Å². The maximum Gasteiger partial charge on any atom is 0.268 e. The SMILES string of the molecule is CCc1ccc([C@H]2CCCCCN2C(=O)CN2C(=O)[C@H](C)Oc3ccccc32)o1. The fourth-order valence-electron chi connectivity index (χ4n) is 4.21. The molecule has 154 valence electrons. The van der Waals surface area contributed by atoms with Crippen LogP contribution in [0.15, 0.2) is 40.8 Å². The van der Waals surface area contributed by atoms with Crippen molar-refractivity contribution in [2.24, 2.45) is 0 Å². The third-order valence-electron chi connectivity index (χ3n) is 5.80. The van der Waals surface area contributed by atoms with E-state index in [0.717, 1.165) is 43.6 Å². The zero-order chi connectivity index (χ0) is 20.4. The molecular formula is C23H28N2O4. The summed E-state index contributed by atoms with van der Waals surface area (Å²) in [5.74, 6) is 2.18. The number of anilines is 1. The quantitative estimate of drug-likeness (QED) is 0.781. The zero-order valence-corrected chi connectivity index (χ0v) is 17.1. The second-order valence-corrected chi connectivity index (χ2v) is 7.76. The van der Waals surface area contributed by atoms with E-state index in [-0.39, 0.29) is 24.4 Å². The number of fused-ring (bicyclic) bond motifs is 1. The first kappa shape index (κ1) is 19.6. The van der Waals surface area contributed by atoms with Gasteiger partial charge in [-0.15, -0.1) is 0 Å². The molecule has 29 heavy (non-hydrogen) atoms. The molecule has 2 aromatic rings. The van der Waals surface area contributed by atoms with Gasteiger partial charge in [0, 0.05) is 13.0 Å². The summed E-state index contributed by atoms with van der Waals surface area (Å²) >= 11 is 0. The average molecular weight is 396 g/mol. The van der Waals surface area contributed by atoms with Crippen molar-refractivity contribution < 1.29 is 18.7 Å². The molecule has 0 aliphatic carbocycles. The fourth-order valence-corrected chi connectivity index (χ4v) is 4.21. The molecule has 1 aromatic carbocycles. The van der Waals surface area contributed by atoms with Crippen molar-refractivity contribution in [3.05, 3.63) is 47.9 Å². The van der Waals surface area contributed by atoms with E-state index in [9.17, 15) is 9.59 Å². The predicted octanol–water partition coefficient (Wildman–Crippen LogP) is 4.10. The normalized spacial score (nSPS) is 22.1. The molecule has 0 radical (unpaired) electrons. The van der Waals surface area contributed by atoms with Crippen LogP contribution in [0.4, 0.5) is 5.69 Å². The Hall–Kier alpha value is -2.76. The number of nitrogens with zero attached hydrogens (tertiary/aromatic N) is 2. The van der Waals surface area contributed by atoms with Crippen LogP contribution in [0.5, 0.6) is 5.75 Å². The van der Waals surface area contributed by atoms with Crippen LogP contribution in [-0.2, 0) is 16.0 Å². The van der Waals surface area contributed by atoms with Crippen molar-refractivity contribution in [3.8, 4) is 5.75 Å². The molecule has 1 aromatic heterocycles. The molecule has 0 saturated carbocycles. The Balaban J connectivity index is 1.59. The highest BCUT2D eigenvalue weighted by Gasteiger charge is 2.35. The summed E-state index contributed by atoms with van der Waals surface area (Å²) in [5, 5.41) is 0. The number of aryl methyl sites for hydroxylation is 1. The molecule has 0 bridgehead atoms. The van der Waals surface area contributed by atoms with E-state index in [4.69, 9.17) is 9.15 Å². The van der Waals surface area contributed by atoms with Gasteiger partial charge in [0.2, 0.25) is 5.91 Å². The highest BCUT2D eigenvalue weighted by molar-refractivity contribution is 6.03. The zero-order valence-electron chi connectivity index (χ0n) is 17.1. The largest absolute Gasteiger partial charge is 0.479 e.